The van der Waals surface area contributed by atoms with Crippen molar-refractivity contribution in [3.05, 3.63) is 30.3 Å². The lowest BCUT2D eigenvalue weighted by Gasteiger charge is -2.22. The van der Waals surface area contributed by atoms with E-state index < -0.39 is 0 Å². The van der Waals surface area contributed by atoms with Crippen molar-refractivity contribution in [3.8, 4) is 0 Å². The number of rotatable bonds is 5. The number of nitrogens with zero attached hydrogens (tertiary/aromatic N) is 1. The number of amides is 2. The van der Waals surface area contributed by atoms with Crippen molar-refractivity contribution in [2.45, 2.75) is 0 Å². The third-order valence-corrected chi connectivity index (χ3v) is 2.02. The summed E-state index contributed by atoms with van der Waals surface area (Å²) < 4.78 is 0. The standard InChI is InChI=1S/C11H16N2O3/c14-8-6-12-11(16)13(7-9-15)10-4-2-1-3-5-10/h1-5,14-15H,6-9H2,(H,12,16). The van der Waals surface area contributed by atoms with E-state index in [0.29, 0.717) is 5.69 Å². The topological polar surface area (TPSA) is 72.8 Å². The smallest absolute Gasteiger partial charge is 0.322 e. The summed E-state index contributed by atoms with van der Waals surface area (Å²) in [6.45, 7) is 0.212. The summed E-state index contributed by atoms with van der Waals surface area (Å²) in [5, 5.41) is 20.1. The van der Waals surface area contributed by atoms with Gasteiger partial charge >= 0.3 is 6.03 Å². The molecule has 0 saturated heterocycles. The minimum absolute atomic E-state index is 0.104. The van der Waals surface area contributed by atoms with Gasteiger partial charge in [-0.3, -0.25) is 4.90 Å². The van der Waals surface area contributed by atoms with E-state index >= 15 is 0 Å². The first-order valence-corrected chi connectivity index (χ1v) is 5.11. The fourth-order valence-corrected chi connectivity index (χ4v) is 1.31. The molecule has 0 unspecified atom stereocenters. The van der Waals surface area contributed by atoms with Crippen LogP contribution in [-0.2, 0) is 0 Å². The van der Waals surface area contributed by atoms with E-state index in [9.17, 15) is 4.79 Å². The Morgan fingerprint density at radius 2 is 1.88 bits per heavy atom. The average Bonchev–Trinajstić information content (AvgIpc) is 2.34. The van der Waals surface area contributed by atoms with Gasteiger partial charge in [-0.25, -0.2) is 4.79 Å². The predicted octanol–water partition coefficient (Wildman–Crippen LogP) is 0.187. The second-order valence-corrected chi connectivity index (χ2v) is 3.17. The predicted molar refractivity (Wildman–Crippen MR) is 61.4 cm³/mol. The molecule has 0 atom stereocenters. The normalized spacial score (nSPS) is 9.88. The molecule has 88 valence electrons. The van der Waals surface area contributed by atoms with Crippen LogP contribution >= 0.6 is 0 Å². The van der Waals surface area contributed by atoms with Gasteiger partial charge in [0, 0.05) is 12.2 Å². The van der Waals surface area contributed by atoms with Gasteiger partial charge in [-0.05, 0) is 12.1 Å². The van der Waals surface area contributed by atoms with Crippen molar-refractivity contribution >= 4 is 11.7 Å². The van der Waals surface area contributed by atoms with Crippen LogP contribution in [0.1, 0.15) is 0 Å². The maximum absolute atomic E-state index is 11.7. The molecule has 0 aliphatic rings. The Hall–Kier alpha value is -1.59. The van der Waals surface area contributed by atoms with Gasteiger partial charge in [0.1, 0.15) is 0 Å². The monoisotopic (exact) mass is 224 g/mol. The number of anilines is 1. The molecule has 0 aliphatic heterocycles. The molecule has 0 bridgehead atoms. The summed E-state index contributed by atoms with van der Waals surface area (Å²) in [6.07, 6.45) is 0. The molecule has 0 aromatic heterocycles. The number of aliphatic hydroxyl groups excluding tert-OH is 2. The molecule has 5 nitrogen and oxygen atoms in total. The quantitative estimate of drug-likeness (QED) is 0.668. The van der Waals surface area contributed by atoms with Crippen molar-refractivity contribution in [1.29, 1.82) is 0 Å². The lowest BCUT2D eigenvalue weighted by molar-refractivity contribution is 0.235. The minimum Gasteiger partial charge on any atom is -0.395 e. The third-order valence-electron chi connectivity index (χ3n) is 2.02. The van der Waals surface area contributed by atoms with Crippen molar-refractivity contribution in [1.82, 2.24) is 5.32 Å². The molecular weight excluding hydrogens is 208 g/mol. The first kappa shape index (κ1) is 12.5. The van der Waals surface area contributed by atoms with Gasteiger partial charge in [-0.2, -0.15) is 0 Å². The zero-order valence-corrected chi connectivity index (χ0v) is 8.97. The first-order chi connectivity index (χ1) is 7.79. The van der Waals surface area contributed by atoms with Gasteiger partial charge in [-0.1, -0.05) is 18.2 Å². The summed E-state index contributed by atoms with van der Waals surface area (Å²) in [5.74, 6) is 0. The number of carbonyl (C=O) groups excluding carboxylic acids is 1. The van der Waals surface area contributed by atoms with Crippen molar-refractivity contribution in [3.63, 3.8) is 0 Å². The summed E-state index contributed by atoms with van der Waals surface area (Å²) in [4.78, 5) is 13.1. The SMILES string of the molecule is O=C(NCCO)N(CCO)c1ccccc1. The Bertz CT molecular complexity index is 316. The number of hydrogen-bond donors (Lipinski definition) is 3. The van der Waals surface area contributed by atoms with Crippen LogP contribution in [0.3, 0.4) is 0 Å². The highest BCUT2D eigenvalue weighted by atomic mass is 16.3. The maximum Gasteiger partial charge on any atom is 0.322 e. The Kier molecular flexibility index (Phi) is 5.31. The molecule has 0 saturated carbocycles. The Morgan fingerprint density at radius 1 is 1.19 bits per heavy atom. The number of aliphatic hydroxyl groups is 2. The highest BCUT2D eigenvalue weighted by molar-refractivity contribution is 5.91. The Morgan fingerprint density at radius 3 is 2.44 bits per heavy atom. The summed E-state index contributed by atoms with van der Waals surface area (Å²) >= 11 is 0. The van der Waals surface area contributed by atoms with Crippen LogP contribution in [-0.4, -0.2) is 42.5 Å². The van der Waals surface area contributed by atoms with Gasteiger partial charge in [0.05, 0.1) is 19.8 Å². The molecule has 16 heavy (non-hydrogen) atoms. The van der Waals surface area contributed by atoms with Crippen LogP contribution in [0, 0.1) is 0 Å². The molecule has 1 aromatic rings. The second-order valence-electron chi connectivity index (χ2n) is 3.17. The summed E-state index contributed by atoms with van der Waals surface area (Å²) in [5.41, 5.74) is 0.715. The number of benzene rings is 1. The highest BCUT2D eigenvalue weighted by Gasteiger charge is 2.13. The van der Waals surface area contributed by atoms with Crippen LogP contribution in [0.15, 0.2) is 30.3 Å². The number of hydrogen-bond acceptors (Lipinski definition) is 3. The van der Waals surface area contributed by atoms with E-state index in [1.807, 2.05) is 18.2 Å². The Labute approximate surface area is 94.3 Å². The average molecular weight is 224 g/mol. The van der Waals surface area contributed by atoms with Gasteiger partial charge in [0.15, 0.2) is 0 Å². The lowest BCUT2D eigenvalue weighted by atomic mass is 10.3. The summed E-state index contributed by atoms with van der Waals surface area (Å²) in [6, 6.07) is 8.74. The molecule has 5 heteroatoms. The molecule has 1 rings (SSSR count). The zero-order valence-electron chi connectivity index (χ0n) is 8.97. The Balaban J connectivity index is 2.71. The molecular formula is C11H16N2O3. The zero-order chi connectivity index (χ0) is 11.8. The van der Waals surface area contributed by atoms with Gasteiger partial charge < -0.3 is 15.5 Å². The fourth-order valence-electron chi connectivity index (χ4n) is 1.31. The van der Waals surface area contributed by atoms with E-state index in [2.05, 4.69) is 5.32 Å². The minimum atomic E-state index is -0.325. The van der Waals surface area contributed by atoms with Crippen molar-refractivity contribution < 1.29 is 15.0 Å². The van der Waals surface area contributed by atoms with E-state index in [1.165, 1.54) is 4.90 Å². The molecule has 0 fully saturated rings. The number of nitrogens with one attached hydrogen (secondary N) is 1. The van der Waals surface area contributed by atoms with E-state index in [0.717, 1.165) is 0 Å². The maximum atomic E-state index is 11.7. The highest BCUT2D eigenvalue weighted by Crippen LogP contribution is 2.12. The van der Waals surface area contributed by atoms with E-state index in [4.69, 9.17) is 10.2 Å². The molecule has 3 N–H and O–H groups in total. The van der Waals surface area contributed by atoms with Crippen LogP contribution in [0.25, 0.3) is 0 Å². The number of para-hydroxylation sites is 1. The second kappa shape index (κ2) is 6.81. The number of urea groups is 1. The molecule has 0 radical (unpaired) electrons. The van der Waals surface area contributed by atoms with Crippen LogP contribution in [0.5, 0.6) is 0 Å². The fraction of sp³-hybridized carbons (Fsp3) is 0.364. The largest absolute Gasteiger partial charge is 0.395 e. The third kappa shape index (κ3) is 3.52. The van der Waals surface area contributed by atoms with Gasteiger partial charge in [-0.15, -0.1) is 0 Å². The van der Waals surface area contributed by atoms with E-state index in [-0.39, 0.29) is 32.3 Å². The molecule has 2 amide bonds. The number of carbonyl (C=O) groups is 1. The molecule has 0 aliphatic carbocycles. The van der Waals surface area contributed by atoms with Gasteiger partial charge in [0.2, 0.25) is 0 Å². The van der Waals surface area contributed by atoms with Crippen molar-refractivity contribution in [2.24, 2.45) is 0 Å². The molecule has 0 heterocycles. The van der Waals surface area contributed by atoms with Crippen LogP contribution < -0.4 is 10.2 Å². The van der Waals surface area contributed by atoms with Crippen LogP contribution in [0.2, 0.25) is 0 Å². The lowest BCUT2D eigenvalue weighted by Crippen LogP contribution is -2.42. The molecule has 0 spiro atoms. The van der Waals surface area contributed by atoms with E-state index in [1.54, 1.807) is 12.1 Å². The van der Waals surface area contributed by atoms with Crippen LogP contribution in [0.4, 0.5) is 10.5 Å². The molecule has 1 aromatic carbocycles. The summed E-state index contributed by atoms with van der Waals surface area (Å²) in [7, 11) is 0. The van der Waals surface area contributed by atoms with Crippen molar-refractivity contribution in [2.75, 3.05) is 31.2 Å². The first-order valence-electron chi connectivity index (χ1n) is 5.11. The van der Waals surface area contributed by atoms with Gasteiger partial charge in [0.25, 0.3) is 0 Å².